The number of nitrogens with zero attached hydrogens (tertiary/aromatic N) is 4. The second kappa shape index (κ2) is 16.2. The molecule has 4 rings (SSSR count). The largest absolute Gasteiger partial charge is 0.379 e. The predicted molar refractivity (Wildman–Crippen MR) is 154 cm³/mol. The second-order valence-corrected chi connectivity index (χ2v) is 10.9. The molecule has 0 radical (unpaired) electrons. The number of unbranched alkanes of at least 4 members (excludes halogenated alkanes) is 1. The lowest BCUT2D eigenvalue weighted by atomic mass is 9.84. The van der Waals surface area contributed by atoms with Gasteiger partial charge in [0.15, 0.2) is 0 Å². The Morgan fingerprint density at radius 2 is 1.81 bits per heavy atom. The zero-order valence-electron chi connectivity index (χ0n) is 24.4. The summed E-state index contributed by atoms with van der Waals surface area (Å²) >= 11 is 0. The Balaban J connectivity index is 1.42. The Hall–Kier alpha value is -3.58. The first-order valence-corrected chi connectivity index (χ1v) is 15.1. The molecule has 1 aliphatic carbocycles. The van der Waals surface area contributed by atoms with Crippen molar-refractivity contribution in [2.45, 2.75) is 77.0 Å². The molecule has 0 bridgehead atoms. The number of urea groups is 1. The first-order chi connectivity index (χ1) is 20.5. The minimum atomic E-state index is -1.21. The van der Waals surface area contributed by atoms with E-state index < -0.39 is 29.7 Å². The van der Waals surface area contributed by atoms with Crippen LogP contribution in [0.25, 0.3) is 11.0 Å². The third kappa shape index (κ3) is 8.96. The third-order valence-electron chi connectivity index (χ3n) is 7.80. The number of rotatable bonds is 14. The number of carbonyl (C=O) groups excluding carboxylic acids is 4. The number of hydrogen-bond acceptors (Lipinski definition) is 8. The summed E-state index contributed by atoms with van der Waals surface area (Å²) in [5.41, 5.74) is 1.37. The molecule has 2 fully saturated rings. The zero-order chi connectivity index (χ0) is 29.7. The van der Waals surface area contributed by atoms with Crippen LogP contribution in [0.15, 0.2) is 24.3 Å². The molecule has 2 aromatic rings. The molecule has 230 valence electrons. The van der Waals surface area contributed by atoms with Gasteiger partial charge in [0.1, 0.15) is 24.3 Å². The molecule has 0 spiro atoms. The van der Waals surface area contributed by atoms with Gasteiger partial charge in [0, 0.05) is 19.7 Å². The summed E-state index contributed by atoms with van der Waals surface area (Å²) in [7, 11) is 0. The van der Waals surface area contributed by atoms with Gasteiger partial charge >= 0.3 is 6.03 Å². The fraction of sp³-hybridized carbons (Fsp3) is 0.655. The summed E-state index contributed by atoms with van der Waals surface area (Å²) < 4.78 is 12.5. The highest BCUT2D eigenvalue weighted by atomic mass is 16.5. The number of fused-ring (bicyclic) bond motifs is 1. The smallest absolute Gasteiger partial charge is 0.318 e. The van der Waals surface area contributed by atoms with Crippen LogP contribution in [0, 0.1) is 5.92 Å². The Morgan fingerprint density at radius 3 is 2.57 bits per heavy atom. The molecule has 1 saturated carbocycles. The maximum atomic E-state index is 13.6. The van der Waals surface area contributed by atoms with E-state index in [0.717, 1.165) is 38.5 Å². The average molecular weight is 586 g/mol. The van der Waals surface area contributed by atoms with Crippen molar-refractivity contribution in [3.63, 3.8) is 0 Å². The molecule has 1 unspecified atom stereocenters. The van der Waals surface area contributed by atoms with Gasteiger partial charge in [-0.2, -0.15) is 0 Å². The topological polar surface area (TPSA) is 157 Å². The van der Waals surface area contributed by atoms with Crippen molar-refractivity contribution in [1.82, 2.24) is 35.8 Å². The van der Waals surface area contributed by atoms with E-state index >= 15 is 0 Å². The summed E-state index contributed by atoms with van der Waals surface area (Å²) in [5.74, 6) is -1.93. The molecule has 42 heavy (non-hydrogen) atoms. The van der Waals surface area contributed by atoms with Gasteiger partial charge in [-0.05, 0) is 30.9 Å². The fourth-order valence-corrected chi connectivity index (χ4v) is 5.32. The highest BCUT2D eigenvalue weighted by Crippen LogP contribution is 2.27. The quantitative estimate of drug-likeness (QED) is 0.224. The minimum Gasteiger partial charge on any atom is -0.379 e. The number of amides is 4. The lowest BCUT2D eigenvalue weighted by molar-refractivity contribution is -0.141. The SMILES string of the molecule is CCCCOCC(NC(=O)[C@H](CC1CCCCC1)NC(=O)N1CCOCC1)C(=O)C(=O)NCn1nnc2ccccc21. The van der Waals surface area contributed by atoms with E-state index in [2.05, 4.69) is 26.3 Å². The maximum absolute atomic E-state index is 13.6. The molecule has 1 saturated heterocycles. The van der Waals surface area contributed by atoms with Crippen LogP contribution in [0.3, 0.4) is 0 Å². The van der Waals surface area contributed by atoms with Crippen molar-refractivity contribution in [3.8, 4) is 0 Å². The number of ketones is 1. The van der Waals surface area contributed by atoms with E-state index in [-0.39, 0.29) is 25.2 Å². The molecular formula is C29H43N7O6. The van der Waals surface area contributed by atoms with E-state index in [1.165, 1.54) is 11.1 Å². The van der Waals surface area contributed by atoms with Crippen LogP contribution in [0.1, 0.15) is 58.3 Å². The number of benzene rings is 1. The highest BCUT2D eigenvalue weighted by molar-refractivity contribution is 6.38. The van der Waals surface area contributed by atoms with Crippen molar-refractivity contribution in [2.24, 2.45) is 5.92 Å². The lowest BCUT2D eigenvalue weighted by Crippen LogP contribution is -2.58. The Labute approximate surface area is 246 Å². The van der Waals surface area contributed by atoms with E-state index in [0.29, 0.717) is 50.4 Å². The van der Waals surface area contributed by atoms with Gasteiger partial charge in [-0.15, -0.1) is 5.10 Å². The number of hydrogen-bond donors (Lipinski definition) is 3. The molecule has 4 amide bonds. The van der Waals surface area contributed by atoms with Crippen LogP contribution < -0.4 is 16.0 Å². The van der Waals surface area contributed by atoms with Crippen LogP contribution in [0.2, 0.25) is 0 Å². The number of ether oxygens (including phenoxy) is 2. The second-order valence-electron chi connectivity index (χ2n) is 10.9. The molecular weight excluding hydrogens is 542 g/mol. The van der Waals surface area contributed by atoms with Gasteiger partial charge in [-0.25, -0.2) is 9.48 Å². The number of aromatic nitrogens is 3. The number of nitrogens with one attached hydrogen (secondary N) is 3. The Morgan fingerprint density at radius 1 is 1.05 bits per heavy atom. The standard InChI is InChI=1S/C29H43N7O6/c1-2-3-15-42-19-24(26(37)28(39)30-20-36-25-12-8-7-11-22(25)33-34-36)31-27(38)23(18-21-9-5-4-6-10-21)32-29(40)35-13-16-41-17-14-35/h7-8,11-12,21,23-24H,2-6,9-10,13-20H2,1H3,(H,30,39)(H,31,38)(H,32,40)/t23-,24?/m0/s1. The van der Waals surface area contributed by atoms with Crippen molar-refractivity contribution < 1.29 is 28.7 Å². The summed E-state index contributed by atoms with van der Waals surface area (Å²) in [6.07, 6.45) is 7.45. The number of Topliss-reactive ketones (excluding diaryl/α,β-unsaturated/α-hetero) is 1. The van der Waals surface area contributed by atoms with Crippen LogP contribution in [-0.2, 0) is 30.5 Å². The minimum absolute atomic E-state index is 0.0671. The molecule has 2 atom stereocenters. The average Bonchev–Trinajstić information content (AvgIpc) is 3.44. The fourth-order valence-electron chi connectivity index (χ4n) is 5.32. The van der Waals surface area contributed by atoms with Gasteiger partial charge in [0.2, 0.25) is 11.7 Å². The van der Waals surface area contributed by atoms with Gasteiger partial charge < -0.3 is 30.3 Å². The number of carbonyl (C=O) groups is 4. The molecule has 1 aliphatic heterocycles. The van der Waals surface area contributed by atoms with Gasteiger partial charge in [0.25, 0.3) is 5.91 Å². The molecule has 1 aromatic heterocycles. The van der Waals surface area contributed by atoms with E-state index in [1.807, 2.05) is 25.1 Å². The monoisotopic (exact) mass is 585 g/mol. The lowest BCUT2D eigenvalue weighted by Gasteiger charge is -2.31. The van der Waals surface area contributed by atoms with E-state index in [4.69, 9.17) is 9.47 Å². The van der Waals surface area contributed by atoms with Crippen molar-refractivity contribution in [1.29, 1.82) is 0 Å². The van der Waals surface area contributed by atoms with Gasteiger partial charge in [0.05, 0.1) is 25.3 Å². The van der Waals surface area contributed by atoms with Crippen molar-refractivity contribution in [3.05, 3.63) is 24.3 Å². The van der Waals surface area contributed by atoms with Crippen LogP contribution in [0.5, 0.6) is 0 Å². The molecule has 13 heteroatoms. The molecule has 2 aliphatic rings. The maximum Gasteiger partial charge on any atom is 0.318 e. The normalized spacial score (nSPS) is 17.4. The molecule has 1 aromatic carbocycles. The molecule has 3 N–H and O–H groups in total. The summed E-state index contributed by atoms with van der Waals surface area (Å²) in [6, 6.07) is 4.87. The third-order valence-corrected chi connectivity index (χ3v) is 7.80. The number of morpholine rings is 1. The van der Waals surface area contributed by atoms with E-state index in [1.54, 1.807) is 11.0 Å². The van der Waals surface area contributed by atoms with Crippen LogP contribution >= 0.6 is 0 Å². The summed E-state index contributed by atoms with van der Waals surface area (Å²) in [5, 5.41) is 16.3. The summed E-state index contributed by atoms with van der Waals surface area (Å²) in [6.45, 7) is 3.95. The predicted octanol–water partition coefficient (Wildman–Crippen LogP) is 1.76. The van der Waals surface area contributed by atoms with Crippen LogP contribution in [-0.4, -0.2) is 95.1 Å². The first-order valence-electron chi connectivity index (χ1n) is 15.1. The van der Waals surface area contributed by atoms with Crippen molar-refractivity contribution in [2.75, 3.05) is 39.5 Å². The highest BCUT2D eigenvalue weighted by Gasteiger charge is 2.33. The van der Waals surface area contributed by atoms with Crippen LogP contribution in [0.4, 0.5) is 4.79 Å². The summed E-state index contributed by atoms with van der Waals surface area (Å²) in [4.78, 5) is 54.5. The number of para-hydroxylation sites is 1. The Kier molecular flexibility index (Phi) is 12.1. The van der Waals surface area contributed by atoms with Gasteiger partial charge in [-0.1, -0.05) is 62.8 Å². The first kappa shape index (κ1) is 31.4. The van der Waals surface area contributed by atoms with Crippen molar-refractivity contribution >= 4 is 34.7 Å². The molecule has 2 heterocycles. The Bertz CT molecular complexity index is 1190. The van der Waals surface area contributed by atoms with Gasteiger partial charge in [-0.3, -0.25) is 14.4 Å². The zero-order valence-corrected chi connectivity index (χ0v) is 24.4. The van der Waals surface area contributed by atoms with E-state index in [9.17, 15) is 19.2 Å². The molecule has 13 nitrogen and oxygen atoms in total.